The molecule has 1 saturated carbocycles. The highest BCUT2D eigenvalue weighted by atomic mass is 16.5. The van der Waals surface area contributed by atoms with E-state index in [4.69, 9.17) is 4.74 Å². The van der Waals surface area contributed by atoms with Gasteiger partial charge in [-0.15, -0.1) is 0 Å². The van der Waals surface area contributed by atoms with Crippen molar-refractivity contribution >= 4 is 5.78 Å². The molecule has 3 aliphatic rings. The second kappa shape index (κ2) is 6.16. The van der Waals surface area contributed by atoms with Crippen molar-refractivity contribution in [2.45, 2.75) is 51.9 Å². The predicted molar refractivity (Wildman–Crippen MR) is 101 cm³/mol. The summed E-state index contributed by atoms with van der Waals surface area (Å²) in [7, 11) is 1.75. The normalized spacial score (nSPS) is 33.4. The molecule has 2 heteroatoms. The molecular formula is C23H28O2. The summed E-state index contributed by atoms with van der Waals surface area (Å²) in [6.07, 6.45) is 12.3. The van der Waals surface area contributed by atoms with E-state index in [1.165, 1.54) is 43.2 Å². The van der Waals surface area contributed by atoms with Crippen LogP contribution in [0.5, 0.6) is 5.75 Å². The molecule has 0 heterocycles. The monoisotopic (exact) mass is 336 g/mol. The molecule has 132 valence electrons. The maximum atomic E-state index is 11.4. The van der Waals surface area contributed by atoms with Gasteiger partial charge in [-0.1, -0.05) is 25.1 Å². The van der Waals surface area contributed by atoms with Crippen molar-refractivity contribution in [3.05, 3.63) is 53.1 Å². The SMILES string of the molecule is COc1ccc2c(c1)CC[C@@H]1[C@@H]2CC[C@]2(C)C(/C=C/C(C)=O)=CC[C@@H]12. The van der Waals surface area contributed by atoms with Gasteiger partial charge in [-0.2, -0.15) is 0 Å². The van der Waals surface area contributed by atoms with Crippen LogP contribution in [-0.4, -0.2) is 12.9 Å². The van der Waals surface area contributed by atoms with E-state index in [-0.39, 0.29) is 11.2 Å². The number of hydrogen-bond acceptors (Lipinski definition) is 2. The predicted octanol–water partition coefficient (Wildman–Crippen LogP) is 5.23. The molecule has 0 unspecified atom stereocenters. The van der Waals surface area contributed by atoms with E-state index in [1.54, 1.807) is 25.7 Å². The Labute approximate surface area is 151 Å². The zero-order valence-corrected chi connectivity index (χ0v) is 15.5. The average Bonchev–Trinajstić information content (AvgIpc) is 2.95. The highest BCUT2D eigenvalue weighted by Gasteiger charge is 2.51. The summed E-state index contributed by atoms with van der Waals surface area (Å²) < 4.78 is 5.42. The summed E-state index contributed by atoms with van der Waals surface area (Å²) in [5.74, 6) is 3.30. The second-order valence-corrected chi connectivity index (χ2v) is 8.28. The molecule has 0 radical (unpaired) electrons. The van der Waals surface area contributed by atoms with Gasteiger partial charge < -0.3 is 4.74 Å². The van der Waals surface area contributed by atoms with Crippen LogP contribution in [0.3, 0.4) is 0 Å². The Kier molecular flexibility index (Phi) is 4.10. The van der Waals surface area contributed by atoms with Gasteiger partial charge >= 0.3 is 0 Å². The Morgan fingerprint density at radius 1 is 1.32 bits per heavy atom. The lowest BCUT2D eigenvalue weighted by atomic mass is 9.54. The van der Waals surface area contributed by atoms with Crippen LogP contribution in [0.15, 0.2) is 42.0 Å². The number of methoxy groups -OCH3 is 1. The minimum atomic E-state index is 0.141. The number of allylic oxidation sites excluding steroid dienone is 4. The smallest absolute Gasteiger partial charge is 0.152 e. The molecule has 4 atom stereocenters. The first-order valence-electron chi connectivity index (χ1n) is 9.59. The summed E-state index contributed by atoms with van der Waals surface area (Å²) in [5, 5.41) is 0. The maximum absolute atomic E-state index is 11.4. The van der Waals surface area contributed by atoms with Crippen LogP contribution in [0.2, 0.25) is 0 Å². The summed E-state index contributed by atoms with van der Waals surface area (Å²) in [5.41, 5.74) is 4.70. The van der Waals surface area contributed by atoms with Crippen LogP contribution in [0.1, 0.15) is 56.6 Å². The van der Waals surface area contributed by atoms with Crippen molar-refractivity contribution in [3.63, 3.8) is 0 Å². The third-order valence-electron chi connectivity index (χ3n) is 7.07. The molecule has 1 fully saturated rings. The van der Waals surface area contributed by atoms with Crippen molar-refractivity contribution in [2.24, 2.45) is 17.3 Å². The molecule has 1 aromatic rings. The van der Waals surface area contributed by atoms with Gasteiger partial charge in [0.05, 0.1) is 7.11 Å². The van der Waals surface area contributed by atoms with Crippen molar-refractivity contribution < 1.29 is 9.53 Å². The number of ether oxygens (including phenoxy) is 1. The first kappa shape index (κ1) is 16.6. The molecule has 0 N–H and O–H groups in total. The van der Waals surface area contributed by atoms with Crippen molar-refractivity contribution in [2.75, 3.05) is 7.11 Å². The Morgan fingerprint density at radius 2 is 2.16 bits per heavy atom. The fourth-order valence-corrected chi connectivity index (χ4v) is 5.75. The molecule has 0 spiro atoms. The largest absolute Gasteiger partial charge is 0.497 e. The molecule has 0 amide bonds. The van der Waals surface area contributed by atoms with Crippen LogP contribution in [0.25, 0.3) is 0 Å². The number of hydrogen-bond donors (Lipinski definition) is 0. The molecule has 0 bridgehead atoms. The molecular weight excluding hydrogens is 308 g/mol. The average molecular weight is 336 g/mol. The zero-order valence-electron chi connectivity index (χ0n) is 15.5. The van der Waals surface area contributed by atoms with E-state index in [0.717, 1.165) is 11.7 Å². The Hall–Kier alpha value is -1.83. The summed E-state index contributed by atoms with van der Waals surface area (Å²) >= 11 is 0. The van der Waals surface area contributed by atoms with Crippen molar-refractivity contribution in [3.8, 4) is 5.75 Å². The Balaban J connectivity index is 1.61. The summed E-state index contributed by atoms with van der Waals surface area (Å²) in [4.78, 5) is 11.4. The molecule has 0 saturated heterocycles. The number of fused-ring (bicyclic) bond motifs is 5. The Morgan fingerprint density at radius 3 is 2.92 bits per heavy atom. The van der Waals surface area contributed by atoms with E-state index in [9.17, 15) is 4.79 Å². The van der Waals surface area contributed by atoms with Crippen LogP contribution >= 0.6 is 0 Å². The molecule has 2 nitrogen and oxygen atoms in total. The number of ketones is 1. The quantitative estimate of drug-likeness (QED) is 0.706. The molecule has 4 rings (SSSR count). The zero-order chi connectivity index (χ0) is 17.6. The number of carbonyl (C=O) groups is 1. The van der Waals surface area contributed by atoms with Crippen LogP contribution in [0, 0.1) is 17.3 Å². The maximum Gasteiger partial charge on any atom is 0.152 e. The number of carbonyl (C=O) groups excluding carboxylic acids is 1. The first-order chi connectivity index (χ1) is 12.0. The van der Waals surface area contributed by atoms with E-state index < -0.39 is 0 Å². The van der Waals surface area contributed by atoms with Gasteiger partial charge in [-0.25, -0.2) is 0 Å². The minimum Gasteiger partial charge on any atom is -0.497 e. The van der Waals surface area contributed by atoms with E-state index in [1.807, 2.05) is 0 Å². The minimum absolute atomic E-state index is 0.141. The highest BCUT2D eigenvalue weighted by molar-refractivity contribution is 5.87. The summed E-state index contributed by atoms with van der Waals surface area (Å²) in [6, 6.07) is 6.68. The van der Waals surface area contributed by atoms with Gasteiger partial charge in [-0.05, 0) is 97.1 Å². The molecule has 25 heavy (non-hydrogen) atoms. The molecule has 1 aromatic carbocycles. The first-order valence-corrected chi connectivity index (χ1v) is 9.59. The fraction of sp³-hybridized carbons (Fsp3) is 0.522. The van der Waals surface area contributed by atoms with E-state index >= 15 is 0 Å². The van der Waals surface area contributed by atoms with Gasteiger partial charge in [0.25, 0.3) is 0 Å². The Bertz CT molecular complexity index is 757. The lowest BCUT2D eigenvalue weighted by molar-refractivity contribution is -0.112. The number of rotatable bonds is 3. The molecule has 0 aromatic heterocycles. The van der Waals surface area contributed by atoms with Crippen LogP contribution in [0.4, 0.5) is 0 Å². The van der Waals surface area contributed by atoms with Crippen LogP contribution in [-0.2, 0) is 11.2 Å². The third-order valence-corrected chi connectivity index (χ3v) is 7.07. The number of benzene rings is 1. The van der Waals surface area contributed by atoms with E-state index in [0.29, 0.717) is 11.8 Å². The molecule has 0 aliphatic heterocycles. The lowest BCUT2D eigenvalue weighted by Crippen LogP contribution is -2.41. The topological polar surface area (TPSA) is 26.3 Å². The van der Waals surface area contributed by atoms with Crippen molar-refractivity contribution in [1.29, 1.82) is 0 Å². The van der Waals surface area contributed by atoms with Gasteiger partial charge in [-0.3, -0.25) is 4.79 Å². The molecule has 3 aliphatic carbocycles. The fourth-order valence-electron chi connectivity index (χ4n) is 5.75. The highest BCUT2D eigenvalue weighted by Crippen LogP contribution is 2.61. The van der Waals surface area contributed by atoms with Gasteiger partial charge in [0.2, 0.25) is 0 Å². The third kappa shape index (κ3) is 2.67. The number of aryl methyl sites for hydroxylation is 1. The second-order valence-electron chi connectivity index (χ2n) is 8.28. The van der Waals surface area contributed by atoms with E-state index in [2.05, 4.69) is 37.3 Å². The summed E-state index contributed by atoms with van der Waals surface area (Å²) in [6.45, 7) is 4.07. The van der Waals surface area contributed by atoms with Gasteiger partial charge in [0.15, 0.2) is 5.78 Å². The van der Waals surface area contributed by atoms with Gasteiger partial charge in [0.1, 0.15) is 5.75 Å². The van der Waals surface area contributed by atoms with Crippen LogP contribution < -0.4 is 4.74 Å². The lowest BCUT2D eigenvalue weighted by Gasteiger charge is -2.50. The van der Waals surface area contributed by atoms with Gasteiger partial charge in [0, 0.05) is 0 Å². The van der Waals surface area contributed by atoms with Crippen molar-refractivity contribution in [1.82, 2.24) is 0 Å². The standard InChI is InChI=1S/C23H28O2/c1-15(24)4-6-17-7-11-22-21-9-5-16-14-18(25-3)8-10-19(16)20(21)12-13-23(17,22)2/h4,6-8,10,14,20-22H,5,9,11-13H2,1-3H3/b6-4+/t20-,21-,22+,23-/m1/s1.